The molecule has 0 bridgehead atoms. The molecule has 0 radical (unpaired) electrons. The van der Waals surface area contributed by atoms with Crippen LogP contribution in [-0.4, -0.2) is 24.2 Å². The van der Waals surface area contributed by atoms with Crippen molar-refractivity contribution in [3.05, 3.63) is 89.5 Å². The zero-order valence-electron chi connectivity index (χ0n) is 18.9. The van der Waals surface area contributed by atoms with Crippen LogP contribution in [0.4, 0.5) is 20.2 Å². The van der Waals surface area contributed by atoms with Crippen LogP contribution in [0, 0.1) is 11.6 Å². The number of carbonyl (C=O) groups is 1. The standard InChI is InChI=1S/C26H27F2N3O2S/c1-2-3-16-33-24-17-20(30-26(34)29-15-14-18-8-10-19(27)11-9-18)12-13-23(24)31-25(32)21-6-4-5-7-22(21)28/h4-13,17H,2-3,14-16H2,1H3,(H,31,32)(H2,29,30,34). The van der Waals surface area contributed by atoms with Crippen molar-refractivity contribution in [2.75, 3.05) is 23.8 Å². The summed E-state index contributed by atoms with van der Waals surface area (Å²) in [5, 5.41) is 9.36. The molecule has 0 fully saturated rings. The third-order valence-corrected chi connectivity index (χ3v) is 5.22. The summed E-state index contributed by atoms with van der Waals surface area (Å²) in [7, 11) is 0. The molecule has 178 valence electrons. The largest absolute Gasteiger partial charge is 0.491 e. The highest BCUT2D eigenvalue weighted by Crippen LogP contribution is 2.29. The van der Waals surface area contributed by atoms with E-state index in [0.717, 1.165) is 18.4 Å². The van der Waals surface area contributed by atoms with Gasteiger partial charge in [0.05, 0.1) is 17.9 Å². The van der Waals surface area contributed by atoms with E-state index in [4.69, 9.17) is 17.0 Å². The molecule has 0 saturated heterocycles. The zero-order valence-corrected chi connectivity index (χ0v) is 19.7. The molecule has 0 aliphatic heterocycles. The van der Waals surface area contributed by atoms with E-state index in [-0.39, 0.29) is 11.4 Å². The van der Waals surface area contributed by atoms with Crippen LogP contribution >= 0.6 is 12.2 Å². The number of halogens is 2. The predicted octanol–water partition coefficient (Wildman–Crippen LogP) is 5.93. The number of thiocarbonyl (C=S) groups is 1. The Morgan fingerprint density at radius 2 is 1.76 bits per heavy atom. The van der Waals surface area contributed by atoms with Gasteiger partial charge in [0.25, 0.3) is 5.91 Å². The summed E-state index contributed by atoms with van der Waals surface area (Å²) in [6, 6.07) is 17.3. The molecule has 0 aromatic heterocycles. The van der Waals surface area contributed by atoms with Gasteiger partial charge in [0.15, 0.2) is 5.11 Å². The molecular formula is C26H27F2N3O2S. The zero-order chi connectivity index (χ0) is 24.3. The number of hydrogen-bond acceptors (Lipinski definition) is 3. The number of hydrogen-bond donors (Lipinski definition) is 3. The van der Waals surface area contributed by atoms with Gasteiger partial charge in [-0.2, -0.15) is 0 Å². The van der Waals surface area contributed by atoms with E-state index in [1.807, 2.05) is 0 Å². The van der Waals surface area contributed by atoms with Gasteiger partial charge in [-0.3, -0.25) is 4.79 Å². The van der Waals surface area contributed by atoms with Crippen molar-refractivity contribution >= 4 is 34.6 Å². The minimum Gasteiger partial charge on any atom is -0.491 e. The van der Waals surface area contributed by atoms with E-state index in [1.165, 1.54) is 30.3 Å². The SMILES string of the molecule is CCCCOc1cc(NC(=S)NCCc2ccc(F)cc2)ccc1NC(=O)c1ccccc1F. The second-order valence-corrected chi connectivity index (χ2v) is 8.01. The molecule has 0 spiro atoms. The number of amides is 1. The van der Waals surface area contributed by atoms with Gasteiger partial charge in [-0.25, -0.2) is 8.78 Å². The quantitative estimate of drug-likeness (QED) is 0.247. The van der Waals surface area contributed by atoms with Gasteiger partial charge in [0.1, 0.15) is 17.4 Å². The van der Waals surface area contributed by atoms with E-state index in [9.17, 15) is 13.6 Å². The Bertz CT molecular complexity index is 1120. The third-order valence-electron chi connectivity index (χ3n) is 4.97. The molecule has 3 N–H and O–H groups in total. The Kier molecular flexibility index (Phi) is 9.34. The van der Waals surface area contributed by atoms with Crippen LogP contribution in [0.2, 0.25) is 0 Å². The monoisotopic (exact) mass is 483 g/mol. The lowest BCUT2D eigenvalue weighted by Gasteiger charge is -2.16. The first kappa shape index (κ1) is 25.1. The highest BCUT2D eigenvalue weighted by atomic mass is 32.1. The molecule has 0 atom stereocenters. The first-order valence-corrected chi connectivity index (χ1v) is 11.5. The lowest BCUT2D eigenvalue weighted by atomic mass is 10.1. The number of ether oxygens (including phenoxy) is 1. The third kappa shape index (κ3) is 7.52. The lowest BCUT2D eigenvalue weighted by Crippen LogP contribution is -2.30. The van der Waals surface area contributed by atoms with Gasteiger partial charge in [0, 0.05) is 18.3 Å². The molecular weight excluding hydrogens is 456 g/mol. The summed E-state index contributed by atoms with van der Waals surface area (Å²) in [6.45, 7) is 3.11. The Balaban J connectivity index is 1.63. The first-order valence-electron chi connectivity index (χ1n) is 11.1. The number of unbranched alkanes of at least 4 members (excludes halogenated alkanes) is 1. The van der Waals surface area contributed by atoms with Crippen LogP contribution in [0.25, 0.3) is 0 Å². The summed E-state index contributed by atoms with van der Waals surface area (Å²) < 4.78 is 32.9. The predicted molar refractivity (Wildman–Crippen MR) is 136 cm³/mol. The summed E-state index contributed by atoms with van der Waals surface area (Å²) in [5.74, 6) is -0.961. The molecule has 0 saturated carbocycles. The average molecular weight is 484 g/mol. The number of anilines is 2. The molecule has 5 nitrogen and oxygen atoms in total. The maximum absolute atomic E-state index is 14.0. The summed E-state index contributed by atoms with van der Waals surface area (Å²) >= 11 is 5.37. The van der Waals surface area contributed by atoms with Crippen molar-refractivity contribution in [1.29, 1.82) is 0 Å². The normalized spacial score (nSPS) is 10.4. The molecule has 0 aliphatic rings. The fourth-order valence-corrected chi connectivity index (χ4v) is 3.35. The highest BCUT2D eigenvalue weighted by Gasteiger charge is 2.14. The average Bonchev–Trinajstić information content (AvgIpc) is 2.82. The van der Waals surface area contributed by atoms with Crippen LogP contribution < -0.4 is 20.7 Å². The molecule has 0 aliphatic carbocycles. The fourth-order valence-electron chi connectivity index (χ4n) is 3.13. The van der Waals surface area contributed by atoms with Gasteiger partial charge < -0.3 is 20.7 Å². The van der Waals surface area contributed by atoms with Gasteiger partial charge in [-0.1, -0.05) is 37.6 Å². The molecule has 0 heterocycles. The van der Waals surface area contributed by atoms with Crippen LogP contribution in [0.3, 0.4) is 0 Å². The Morgan fingerprint density at radius 1 is 1.00 bits per heavy atom. The molecule has 3 aromatic carbocycles. The van der Waals surface area contributed by atoms with E-state index in [1.54, 1.807) is 36.4 Å². The maximum Gasteiger partial charge on any atom is 0.258 e. The van der Waals surface area contributed by atoms with E-state index in [0.29, 0.717) is 41.8 Å². The van der Waals surface area contributed by atoms with Crippen molar-refractivity contribution in [3.8, 4) is 5.75 Å². The number of rotatable bonds is 10. The van der Waals surface area contributed by atoms with E-state index >= 15 is 0 Å². The van der Waals surface area contributed by atoms with Crippen molar-refractivity contribution in [1.82, 2.24) is 5.32 Å². The van der Waals surface area contributed by atoms with Crippen molar-refractivity contribution in [3.63, 3.8) is 0 Å². The molecule has 0 unspecified atom stereocenters. The Labute approximate surface area is 203 Å². The van der Waals surface area contributed by atoms with Crippen molar-refractivity contribution < 1.29 is 18.3 Å². The van der Waals surface area contributed by atoms with E-state index < -0.39 is 11.7 Å². The minimum atomic E-state index is -0.594. The molecule has 8 heteroatoms. The Hall–Kier alpha value is -3.52. The van der Waals surface area contributed by atoms with Crippen LogP contribution in [0.1, 0.15) is 35.7 Å². The number of benzene rings is 3. The number of nitrogens with one attached hydrogen (secondary N) is 3. The summed E-state index contributed by atoms with van der Waals surface area (Å²) in [5.41, 5.74) is 2.06. The molecule has 34 heavy (non-hydrogen) atoms. The molecule has 3 aromatic rings. The summed E-state index contributed by atoms with van der Waals surface area (Å²) in [6.07, 6.45) is 2.49. The fraction of sp³-hybridized carbons (Fsp3) is 0.231. The maximum atomic E-state index is 14.0. The van der Waals surface area contributed by atoms with Gasteiger partial charge in [-0.05, 0) is 67.0 Å². The second-order valence-electron chi connectivity index (χ2n) is 7.60. The first-order chi connectivity index (χ1) is 16.5. The highest BCUT2D eigenvalue weighted by molar-refractivity contribution is 7.80. The van der Waals surface area contributed by atoms with Crippen molar-refractivity contribution in [2.45, 2.75) is 26.2 Å². The van der Waals surface area contributed by atoms with Crippen molar-refractivity contribution in [2.24, 2.45) is 0 Å². The minimum absolute atomic E-state index is 0.0456. The summed E-state index contributed by atoms with van der Waals surface area (Å²) in [4.78, 5) is 12.6. The van der Waals surface area contributed by atoms with E-state index in [2.05, 4.69) is 22.9 Å². The van der Waals surface area contributed by atoms with Gasteiger partial charge in [-0.15, -0.1) is 0 Å². The molecule has 1 amide bonds. The van der Waals surface area contributed by atoms with Crippen LogP contribution in [-0.2, 0) is 6.42 Å². The van der Waals surface area contributed by atoms with Crippen LogP contribution in [0.5, 0.6) is 5.75 Å². The Morgan fingerprint density at radius 3 is 2.50 bits per heavy atom. The lowest BCUT2D eigenvalue weighted by molar-refractivity contribution is 0.102. The van der Waals surface area contributed by atoms with Gasteiger partial charge in [0.2, 0.25) is 0 Å². The second kappa shape index (κ2) is 12.6. The number of carbonyl (C=O) groups excluding carboxylic acids is 1. The smallest absolute Gasteiger partial charge is 0.258 e. The van der Waals surface area contributed by atoms with Crippen LogP contribution in [0.15, 0.2) is 66.7 Å². The topological polar surface area (TPSA) is 62.4 Å². The van der Waals surface area contributed by atoms with Gasteiger partial charge >= 0.3 is 0 Å². The molecule has 3 rings (SSSR count).